The number of fused-ring (bicyclic) bond motifs is 8. The number of hydrogen-bond acceptors (Lipinski definition) is 0. The highest BCUT2D eigenvalue weighted by atomic mass is 14.4. The molecule has 0 bridgehead atoms. The third-order valence-electron chi connectivity index (χ3n) is 13.3. The summed E-state index contributed by atoms with van der Waals surface area (Å²) < 4.78 is 0. The molecule has 59 heavy (non-hydrogen) atoms. The van der Waals surface area contributed by atoms with Crippen molar-refractivity contribution in [2.24, 2.45) is 0 Å². The van der Waals surface area contributed by atoms with Gasteiger partial charge in [-0.2, -0.15) is 0 Å². The molecule has 11 aromatic carbocycles. The summed E-state index contributed by atoms with van der Waals surface area (Å²) in [6.45, 7) is 4.76. The minimum Gasteiger partial charge on any atom is -0.0619 e. The summed E-state index contributed by atoms with van der Waals surface area (Å²) in [4.78, 5) is 0. The van der Waals surface area contributed by atoms with Crippen LogP contribution in [-0.4, -0.2) is 0 Å². The van der Waals surface area contributed by atoms with Crippen molar-refractivity contribution in [1.29, 1.82) is 0 Å². The zero-order valence-corrected chi connectivity index (χ0v) is 33.1. The molecule has 0 heterocycles. The van der Waals surface area contributed by atoms with Crippen LogP contribution in [0.15, 0.2) is 206 Å². The molecule has 0 aromatic heterocycles. The van der Waals surface area contributed by atoms with E-state index in [-0.39, 0.29) is 5.41 Å². The summed E-state index contributed by atoms with van der Waals surface area (Å²) in [5.74, 6) is 0. The Kier molecular flexibility index (Phi) is 7.38. The predicted octanol–water partition coefficient (Wildman–Crippen LogP) is 16.4. The summed E-state index contributed by atoms with van der Waals surface area (Å²) in [7, 11) is 0. The van der Waals surface area contributed by atoms with Crippen LogP contribution in [0.5, 0.6) is 0 Å². The number of hydrogen-bond donors (Lipinski definition) is 0. The summed E-state index contributed by atoms with van der Waals surface area (Å²) in [6, 6.07) is 77.1. The molecule has 12 rings (SSSR count). The van der Waals surface area contributed by atoms with Gasteiger partial charge in [-0.05, 0) is 133 Å². The zero-order valence-electron chi connectivity index (χ0n) is 33.1. The molecule has 0 radical (unpaired) electrons. The fraction of sp³-hybridized carbons (Fsp3) is 0.0508. The van der Waals surface area contributed by atoms with E-state index in [2.05, 4.69) is 220 Å². The van der Waals surface area contributed by atoms with Crippen LogP contribution >= 0.6 is 0 Å². The molecule has 0 unspecified atom stereocenters. The van der Waals surface area contributed by atoms with Crippen molar-refractivity contribution >= 4 is 53.9 Å². The van der Waals surface area contributed by atoms with Crippen molar-refractivity contribution in [1.82, 2.24) is 0 Å². The Balaban J connectivity index is 1.20. The Morgan fingerprint density at radius 1 is 0.254 bits per heavy atom. The second-order valence-corrected chi connectivity index (χ2v) is 16.7. The average Bonchev–Trinajstić information content (AvgIpc) is 3.53. The summed E-state index contributed by atoms with van der Waals surface area (Å²) >= 11 is 0. The van der Waals surface area contributed by atoms with Gasteiger partial charge in [0.2, 0.25) is 0 Å². The van der Waals surface area contributed by atoms with Gasteiger partial charge in [-0.15, -0.1) is 0 Å². The minimum atomic E-state index is -0.104. The van der Waals surface area contributed by atoms with E-state index in [0.717, 1.165) is 0 Å². The highest BCUT2D eigenvalue weighted by Crippen LogP contribution is 2.55. The molecule has 0 saturated heterocycles. The first-order valence-corrected chi connectivity index (χ1v) is 20.8. The van der Waals surface area contributed by atoms with Gasteiger partial charge in [0.15, 0.2) is 0 Å². The maximum atomic E-state index is 2.49. The van der Waals surface area contributed by atoms with E-state index in [9.17, 15) is 0 Å². The van der Waals surface area contributed by atoms with E-state index in [1.165, 1.54) is 121 Å². The van der Waals surface area contributed by atoms with Crippen molar-refractivity contribution in [3.63, 3.8) is 0 Å². The number of benzene rings is 11. The number of rotatable bonds is 4. The molecule has 0 nitrogen and oxygen atoms in total. The molecule has 276 valence electrons. The second-order valence-electron chi connectivity index (χ2n) is 16.7. The SMILES string of the molecule is CC1(C)c2ccccc2-c2c(-c3c4ccccc4c(-c4ccc(-c5ccc6ccccc6c5)c5ccccc45)c4ccc(-c5cccc6ccccc56)cc34)cccc21. The van der Waals surface area contributed by atoms with E-state index < -0.39 is 0 Å². The molecule has 0 heteroatoms. The highest BCUT2D eigenvalue weighted by Gasteiger charge is 2.37. The van der Waals surface area contributed by atoms with E-state index in [1.54, 1.807) is 0 Å². The lowest BCUT2D eigenvalue weighted by molar-refractivity contribution is 0.660. The predicted molar refractivity (Wildman–Crippen MR) is 253 cm³/mol. The summed E-state index contributed by atoms with van der Waals surface area (Å²) in [6.07, 6.45) is 0. The average molecular weight is 749 g/mol. The van der Waals surface area contributed by atoms with Crippen molar-refractivity contribution in [3.05, 3.63) is 217 Å². The quantitative estimate of drug-likeness (QED) is 0.157. The van der Waals surface area contributed by atoms with Gasteiger partial charge in [0.1, 0.15) is 0 Å². The topological polar surface area (TPSA) is 0 Å². The van der Waals surface area contributed by atoms with Gasteiger partial charge in [0.05, 0.1) is 0 Å². The maximum absolute atomic E-state index is 2.49. The largest absolute Gasteiger partial charge is 0.0619 e. The van der Waals surface area contributed by atoms with Gasteiger partial charge in [-0.3, -0.25) is 0 Å². The van der Waals surface area contributed by atoms with Crippen molar-refractivity contribution < 1.29 is 0 Å². The van der Waals surface area contributed by atoms with Gasteiger partial charge in [0.25, 0.3) is 0 Å². The molecule has 1 aliphatic rings. The van der Waals surface area contributed by atoms with E-state index in [1.807, 2.05) is 0 Å². The first kappa shape index (κ1) is 33.8. The molecular weight excluding hydrogens is 709 g/mol. The standard InChI is InChI=1S/C59H40/c1-59(2)54-27-12-11-24-51(54)58-52(26-14-28-55(58)59)57-48-23-10-9-22-47(48)56(50-32-31-41(36-53(50)57)43-25-13-18-38-16-5-6-19-42(38)43)49-34-33-44(45-20-7-8-21-46(45)49)40-30-29-37-15-3-4-17-39(37)35-40/h3-36H,1-2H3. The normalized spacial score (nSPS) is 13.1. The highest BCUT2D eigenvalue weighted by molar-refractivity contribution is 6.26. The van der Waals surface area contributed by atoms with Crippen LogP contribution in [0.25, 0.3) is 109 Å². The zero-order chi connectivity index (χ0) is 39.2. The molecule has 0 saturated carbocycles. The Bertz CT molecular complexity index is 3520. The summed E-state index contributed by atoms with van der Waals surface area (Å²) in [5, 5.41) is 12.6. The molecule has 0 amide bonds. The van der Waals surface area contributed by atoms with Crippen LogP contribution in [-0.2, 0) is 5.41 Å². The fourth-order valence-corrected chi connectivity index (χ4v) is 10.5. The van der Waals surface area contributed by atoms with Crippen LogP contribution in [0, 0.1) is 0 Å². The smallest absolute Gasteiger partial charge is 0.0159 e. The molecule has 0 aliphatic heterocycles. The van der Waals surface area contributed by atoms with Gasteiger partial charge in [0, 0.05) is 5.41 Å². The second kappa shape index (κ2) is 12.9. The van der Waals surface area contributed by atoms with Crippen LogP contribution in [0.2, 0.25) is 0 Å². The lowest BCUT2D eigenvalue weighted by atomic mass is 9.80. The van der Waals surface area contributed by atoms with Gasteiger partial charge >= 0.3 is 0 Å². The van der Waals surface area contributed by atoms with Gasteiger partial charge in [-0.25, -0.2) is 0 Å². The van der Waals surface area contributed by atoms with E-state index in [4.69, 9.17) is 0 Å². The molecule has 11 aromatic rings. The molecule has 0 N–H and O–H groups in total. The van der Waals surface area contributed by atoms with Crippen molar-refractivity contribution in [3.8, 4) is 55.6 Å². The molecule has 0 spiro atoms. The van der Waals surface area contributed by atoms with Crippen molar-refractivity contribution in [2.45, 2.75) is 19.3 Å². The lowest BCUT2D eigenvalue weighted by Gasteiger charge is -2.23. The fourth-order valence-electron chi connectivity index (χ4n) is 10.5. The van der Waals surface area contributed by atoms with Gasteiger partial charge < -0.3 is 0 Å². The molecule has 1 aliphatic carbocycles. The third kappa shape index (κ3) is 5.03. The van der Waals surface area contributed by atoms with E-state index >= 15 is 0 Å². The molecule has 0 fully saturated rings. The Hall–Kier alpha value is -7.28. The minimum absolute atomic E-state index is 0.104. The van der Waals surface area contributed by atoms with Crippen LogP contribution in [0.3, 0.4) is 0 Å². The van der Waals surface area contributed by atoms with Crippen LogP contribution in [0.4, 0.5) is 0 Å². The maximum Gasteiger partial charge on any atom is 0.0159 e. The first-order chi connectivity index (χ1) is 29.0. The monoisotopic (exact) mass is 748 g/mol. The van der Waals surface area contributed by atoms with Gasteiger partial charge in [-0.1, -0.05) is 208 Å². The van der Waals surface area contributed by atoms with E-state index in [0.29, 0.717) is 0 Å². The molecule has 0 atom stereocenters. The first-order valence-electron chi connectivity index (χ1n) is 20.8. The Morgan fingerprint density at radius 3 is 1.56 bits per heavy atom. The summed E-state index contributed by atoms with van der Waals surface area (Å²) in [5.41, 5.74) is 15.4. The third-order valence-corrected chi connectivity index (χ3v) is 13.3. The lowest BCUT2D eigenvalue weighted by Crippen LogP contribution is -2.14. The Morgan fingerprint density at radius 2 is 0.746 bits per heavy atom. The van der Waals surface area contributed by atoms with Crippen LogP contribution in [0.1, 0.15) is 25.0 Å². The Labute approximate surface area is 344 Å². The van der Waals surface area contributed by atoms with Crippen molar-refractivity contribution in [2.75, 3.05) is 0 Å². The van der Waals surface area contributed by atoms with Crippen LogP contribution < -0.4 is 0 Å². The molecular formula is C59H40.